The summed E-state index contributed by atoms with van der Waals surface area (Å²) < 4.78 is 13.0. The smallest absolute Gasteiger partial charge is 0.313 e. The van der Waals surface area contributed by atoms with E-state index >= 15 is 0 Å². The normalized spacial score (nSPS) is 27.3. The van der Waals surface area contributed by atoms with Gasteiger partial charge in [-0.3, -0.25) is 19.2 Å². The Morgan fingerprint density at radius 3 is 2.47 bits per heavy atom. The van der Waals surface area contributed by atoms with Gasteiger partial charge in [0.05, 0.1) is 24.0 Å². The van der Waals surface area contributed by atoms with Crippen LogP contribution >= 0.6 is 15.9 Å². The van der Waals surface area contributed by atoms with Crippen LogP contribution < -0.4 is 0 Å². The van der Waals surface area contributed by atoms with Crippen molar-refractivity contribution >= 4 is 39.6 Å². The molecule has 8 atom stereocenters. The zero-order valence-corrected chi connectivity index (χ0v) is 29.6. The van der Waals surface area contributed by atoms with E-state index in [1.54, 1.807) is 33.9 Å². The highest BCUT2D eigenvalue weighted by molar-refractivity contribution is 9.09. The molecule has 0 aliphatic carbocycles. The molecule has 0 radical (unpaired) electrons. The zero-order valence-electron chi connectivity index (χ0n) is 28.1. The van der Waals surface area contributed by atoms with Crippen LogP contribution in [0.3, 0.4) is 0 Å². The summed E-state index contributed by atoms with van der Waals surface area (Å²) in [6.07, 6.45) is 4.95. The largest absolute Gasteiger partial charge is 0.455 e. The second-order valence-electron chi connectivity index (χ2n) is 13.2. The third-order valence-corrected chi connectivity index (χ3v) is 10.8. The molecule has 2 bridgehead atoms. The van der Waals surface area contributed by atoms with Crippen LogP contribution in [-0.4, -0.2) is 105 Å². The number of hydrogen-bond acceptors (Lipinski definition) is 7. The lowest BCUT2D eigenvalue weighted by molar-refractivity contribution is -0.164. The number of fused-ring (bicyclic) bond motifs is 1. The van der Waals surface area contributed by atoms with E-state index in [0.717, 1.165) is 5.56 Å². The van der Waals surface area contributed by atoms with Crippen LogP contribution in [0.4, 0.5) is 0 Å². The van der Waals surface area contributed by atoms with Crippen molar-refractivity contribution in [1.82, 2.24) is 14.7 Å². The fraction of sp³-hybridized carbons (Fsp3) is 0.611. The molecule has 3 aliphatic rings. The van der Waals surface area contributed by atoms with Crippen molar-refractivity contribution in [3.63, 3.8) is 0 Å². The van der Waals surface area contributed by atoms with Crippen molar-refractivity contribution in [3.8, 4) is 0 Å². The maximum Gasteiger partial charge on any atom is 0.313 e. The summed E-state index contributed by atoms with van der Waals surface area (Å²) in [5, 5.41) is 9.33. The van der Waals surface area contributed by atoms with Gasteiger partial charge in [0.25, 0.3) is 0 Å². The first-order chi connectivity index (χ1) is 22.4. The van der Waals surface area contributed by atoms with E-state index in [9.17, 15) is 24.3 Å². The number of alkyl halides is 1. The molecule has 3 amide bonds. The van der Waals surface area contributed by atoms with E-state index in [1.165, 1.54) is 0 Å². The number of esters is 1. The molecular weight excluding hydrogens is 666 g/mol. The first kappa shape index (κ1) is 36.8. The summed E-state index contributed by atoms with van der Waals surface area (Å²) in [5.74, 6) is -3.08. The van der Waals surface area contributed by atoms with Crippen LogP contribution in [0, 0.1) is 11.8 Å². The van der Waals surface area contributed by atoms with Crippen LogP contribution in [0.5, 0.6) is 0 Å². The van der Waals surface area contributed by atoms with Crippen LogP contribution in [0.1, 0.15) is 71.0 Å². The Balaban J connectivity index is 1.70. The molecule has 3 heterocycles. The van der Waals surface area contributed by atoms with Crippen molar-refractivity contribution in [1.29, 1.82) is 0 Å². The van der Waals surface area contributed by atoms with Crippen molar-refractivity contribution in [2.24, 2.45) is 11.8 Å². The molecule has 3 saturated heterocycles. The summed E-state index contributed by atoms with van der Waals surface area (Å²) in [6.45, 7) is 13.9. The van der Waals surface area contributed by atoms with Crippen molar-refractivity contribution in [2.75, 3.05) is 26.7 Å². The molecule has 4 rings (SSSR count). The maximum absolute atomic E-state index is 14.4. The standard InChI is InChI=1S/C36H50BrN3O7/c1-7-9-18-27(42)38(6)24(5)30(25-16-12-10-13-17-25)46-35(45)28-29-33(43)40(20-14-11-15-21-41)32(34(44)39(19-8-2)23(3)4)36(29)22-26(37)31(28)47-36/h7-8,10,12-13,16-17,23-24,26,28-32,41H,1-2,9,11,14-15,18-22H2,3-6H3/t24-,26?,28-,29+,30+,31-,32-,36+/m1/s1. The summed E-state index contributed by atoms with van der Waals surface area (Å²) >= 11 is 3.74. The summed E-state index contributed by atoms with van der Waals surface area (Å²) in [5.41, 5.74) is -0.494. The second-order valence-corrected chi connectivity index (χ2v) is 14.4. The highest BCUT2D eigenvalue weighted by atomic mass is 79.9. The Kier molecular flexibility index (Phi) is 12.5. The average Bonchev–Trinajstić information content (AvgIpc) is 3.65. The van der Waals surface area contributed by atoms with E-state index in [0.29, 0.717) is 45.2 Å². The van der Waals surface area contributed by atoms with Crippen molar-refractivity contribution in [2.45, 2.75) is 100 Å². The number of halogens is 1. The molecule has 0 aromatic heterocycles. The van der Waals surface area contributed by atoms with Gasteiger partial charge < -0.3 is 29.3 Å². The number of likely N-dealkylation sites (tertiary alicyclic amines) is 1. The number of aliphatic hydroxyl groups excluding tert-OH is 1. The highest BCUT2D eigenvalue weighted by Gasteiger charge is 2.77. The molecular formula is C36H50BrN3O7. The van der Waals surface area contributed by atoms with E-state index in [2.05, 4.69) is 29.1 Å². The molecule has 47 heavy (non-hydrogen) atoms. The number of carbonyl (C=O) groups excluding carboxylic acids is 4. The average molecular weight is 717 g/mol. The monoisotopic (exact) mass is 715 g/mol. The number of aliphatic hydroxyl groups is 1. The van der Waals surface area contributed by atoms with Gasteiger partial charge in [-0.2, -0.15) is 0 Å². The van der Waals surface area contributed by atoms with Gasteiger partial charge in [0, 0.05) is 44.0 Å². The Labute approximate surface area is 287 Å². The predicted molar refractivity (Wildman–Crippen MR) is 182 cm³/mol. The molecule has 1 aromatic rings. The molecule has 1 N–H and O–H groups in total. The minimum Gasteiger partial charge on any atom is -0.455 e. The fourth-order valence-corrected chi connectivity index (χ4v) is 8.41. The lowest BCUT2D eigenvalue weighted by Gasteiger charge is -2.38. The SMILES string of the molecule is C=CCCC(=O)N(C)[C@H](C)[C@H](OC(=O)[C@H]1[C@@H]2O[C@@]3(CC2Br)[C@@H]1C(=O)N(CCCCCO)[C@@H]3C(=O)N(CC=C)C(C)C)c1ccccc1. The molecule has 258 valence electrons. The minimum atomic E-state index is -1.21. The van der Waals surface area contributed by atoms with Gasteiger partial charge in [-0.05, 0) is 58.4 Å². The van der Waals surface area contributed by atoms with Crippen LogP contribution in [0.2, 0.25) is 0 Å². The molecule has 3 fully saturated rings. The summed E-state index contributed by atoms with van der Waals surface area (Å²) in [7, 11) is 1.69. The van der Waals surface area contributed by atoms with Gasteiger partial charge in [-0.25, -0.2) is 0 Å². The quantitative estimate of drug-likeness (QED) is 0.110. The third kappa shape index (κ3) is 7.22. The topological polar surface area (TPSA) is 117 Å². The lowest BCUT2D eigenvalue weighted by Crippen LogP contribution is -2.58. The first-order valence-electron chi connectivity index (χ1n) is 16.7. The number of nitrogens with zero attached hydrogens (tertiary/aromatic N) is 3. The Morgan fingerprint density at radius 2 is 1.85 bits per heavy atom. The molecule has 1 spiro atoms. The molecule has 10 nitrogen and oxygen atoms in total. The number of benzene rings is 1. The number of ether oxygens (including phenoxy) is 2. The Bertz CT molecular complexity index is 1310. The molecule has 1 aromatic carbocycles. The number of unbranched alkanes of at least 4 members (excludes halogenated alkanes) is 2. The van der Waals surface area contributed by atoms with E-state index in [4.69, 9.17) is 9.47 Å². The van der Waals surface area contributed by atoms with Crippen LogP contribution in [-0.2, 0) is 28.7 Å². The second kappa shape index (κ2) is 15.9. The van der Waals surface area contributed by atoms with Gasteiger partial charge in [-0.1, -0.05) is 58.4 Å². The van der Waals surface area contributed by atoms with Crippen molar-refractivity contribution < 1.29 is 33.8 Å². The van der Waals surface area contributed by atoms with E-state index in [-0.39, 0.29) is 41.6 Å². The first-order valence-corrected chi connectivity index (χ1v) is 17.6. The fourth-order valence-electron chi connectivity index (χ4n) is 7.46. The van der Waals surface area contributed by atoms with Gasteiger partial charge in [0.15, 0.2) is 0 Å². The van der Waals surface area contributed by atoms with Crippen LogP contribution in [0.25, 0.3) is 0 Å². The zero-order chi connectivity index (χ0) is 34.5. The maximum atomic E-state index is 14.4. The number of likely N-dealkylation sites (N-methyl/N-ethyl adjacent to an activating group) is 1. The number of allylic oxidation sites excluding steroid dienone is 1. The third-order valence-electron chi connectivity index (χ3n) is 9.96. The Hall–Kier alpha value is -3.02. The molecule has 3 aliphatic heterocycles. The summed E-state index contributed by atoms with van der Waals surface area (Å²) in [4.78, 5) is 60.8. The van der Waals surface area contributed by atoms with Gasteiger partial charge in [-0.15, -0.1) is 13.2 Å². The number of amides is 3. The van der Waals surface area contributed by atoms with Gasteiger partial charge >= 0.3 is 5.97 Å². The van der Waals surface area contributed by atoms with Crippen LogP contribution in [0.15, 0.2) is 55.6 Å². The predicted octanol–water partition coefficient (Wildman–Crippen LogP) is 4.42. The molecule has 0 saturated carbocycles. The molecule has 11 heteroatoms. The van der Waals surface area contributed by atoms with E-state index < -0.39 is 47.7 Å². The lowest BCUT2D eigenvalue weighted by atomic mass is 9.70. The minimum absolute atomic E-state index is 0.0450. The van der Waals surface area contributed by atoms with Crippen molar-refractivity contribution in [3.05, 3.63) is 61.2 Å². The number of rotatable bonds is 17. The molecule has 1 unspecified atom stereocenters. The van der Waals surface area contributed by atoms with Gasteiger partial charge in [0.2, 0.25) is 17.7 Å². The highest BCUT2D eigenvalue weighted by Crippen LogP contribution is 2.60. The van der Waals surface area contributed by atoms with Gasteiger partial charge in [0.1, 0.15) is 17.7 Å². The summed E-state index contributed by atoms with van der Waals surface area (Å²) in [6, 6.07) is 7.69. The Morgan fingerprint density at radius 1 is 1.15 bits per heavy atom. The number of carbonyl (C=O) groups is 4. The number of hydrogen-bond donors (Lipinski definition) is 1. The van der Waals surface area contributed by atoms with E-state index in [1.807, 2.05) is 51.1 Å².